The van der Waals surface area contributed by atoms with Crippen LogP contribution < -0.4 is 5.32 Å². The van der Waals surface area contributed by atoms with E-state index in [4.69, 9.17) is 4.74 Å². The second kappa shape index (κ2) is 6.56. The van der Waals surface area contributed by atoms with Gasteiger partial charge in [0.2, 0.25) is 0 Å². The number of fused-ring (bicyclic) bond motifs is 3. The van der Waals surface area contributed by atoms with Crippen LogP contribution in [0.4, 0.5) is 0 Å². The van der Waals surface area contributed by atoms with Gasteiger partial charge in [-0.05, 0) is 37.3 Å². The molecule has 0 atom stereocenters. The quantitative estimate of drug-likeness (QED) is 0.671. The Kier molecular flexibility index (Phi) is 4.25. The van der Waals surface area contributed by atoms with Crippen LogP contribution in [0.25, 0.3) is 21.9 Å². The van der Waals surface area contributed by atoms with Gasteiger partial charge in [-0.3, -0.25) is 4.79 Å². The third-order valence-corrected chi connectivity index (χ3v) is 5.13. The molecule has 3 aromatic rings. The summed E-state index contributed by atoms with van der Waals surface area (Å²) in [6.45, 7) is 2.33. The van der Waals surface area contributed by atoms with E-state index in [-0.39, 0.29) is 5.91 Å². The summed E-state index contributed by atoms with van der Waals surface area (Å²) < 4.78 is 9.46. The Hall–Kier alpha value is -2.27. The molecular formula is C20H25N3O2. The zero-order valence-corrected chi connectivity index (χ0v) is 14.9. The SMILES string of the molecule is COCCCNC(=O)c1cc2c(c3ccccc3n2CC2CC2)n1C. The van der Waals surface area contributed by atoms with E-state index < -0.39 is 0 Å². The van der Waals surface area contributed by atoms with Crippen LogP contribution in [0.3, 0.4) is 0 Å². The van der Waals surface area contributed by atoms with Gasteiger partial charge in [0, 0.05) is 39.2 Å². The number of carbonyl (C=O) groups is 1. The summed E-state index contributed by atoms with van der Waals surface area (Å²) in [4.78, 5) is 12.6. The van der Waals surface area contributed by atoms with Crippen LogP contribution in [0, 0.1) is 5.92 Å². The zero-order chi connectivity index (χ0) is 17.4. The summed E-state index contributed by atoms with van der Waals surface area (Å²) in [5.74, 6) is 0.766. The minimum absolute atomic E-state index is 0.0168. The van der Waals surface area contributed by atoms with Crippen molar-refractivity contribution in [2.24, 2.45) is 13.0 Å². The van der Waals surface area contributed by atoms with Gasteiger partial charge < -0.3 is 19.2 Å². The number of aromatic nitrogens is 2. The number of aryl methyl sites for hydroxylation is 1. The summed E-state index contributed by atoms with van der Waals surface area (Å²) in [5, 5.41) is 4.22. The van der Waals surface area contributed by atoms with E-state index in [1.807, 2.05) is 17.7 Å². The number of carbonyl (C=O) groups excluding carboxylic acids is 1. The predicted molar refractivity (Wildman–Crippen MR) is 100.0 cm³/mol. The fourth-order valence-corrected chi connectivity index (χ4v) is 3.63. The minimum Gasteiger partial charge on any atom is -0.385 e. The Morgan fingerprint density at radius 3 is 2.84 bits per heavy atom. The van der Waals surface area contributed by atoms with Crippen LogP contribution in [-0.2, 0) is 18.3 Å². The van der Waals surface area contributed by atoms with Crippen LogP contribution in [0.15, 0.2) is 30.3 Å². The summed E-state index contributed by atoms with van der Waals surface area (Å²) in [5.41, 5.74) is 4.30. The van der Waals surface area contributed by atoms with Gasteiger partial charge in [0.15, 0.2) is 0 Å². The molecule has 25 heavy (non-hydrogen) atoms. The Labute approximate surface area is 147 Å². The van der Waals surface area contributed by atoms with E-state index >= 15 is 0 Å². The van der Waals surface area contributed by atoms with E-state index in [9.17, 15) is 4.79 Å². The van der Waals surface area contributed by atoms with Crippen molar-refractivity contribution in [3.8, 4) is 0 Å². The van der Waals surface area contributed by atoms with Gasteiger partial charge in [0.25, 0.3) is 5.91 Å². The predicted octanol–water partition coefficient (Wildman–Crippen LogP) is 3.31. The topological polar surface area (TPSA) is 48.2 Å². The summed E-state index contributed by atoms with van der Waals surface area (Å²) in [6, 6.07) is 10.5. The molecule has 2 aromatic heterocycles. The highest BCUT2D eigenvalue weighted by atomic mass is 16.5. The Bertz CT molecular complexity index is 918. The van der Waals surface area contributed by atoms with Gasteiger partial charge in [-0.15, -0.1) is 0 Å². The molecule has 1 aliphatic rings. The maximum absolute atomic E-state index is 12.6. The lowest BCUT2D eigenvalue weighted by atomic mass is 10.2. The molecule has 5 heteroatoms. The Morgan fingerprint density at radius 1 is 1.28 bits per heavy atom. The fourth-order valence-electron chi connectivity index (χ4n) is 3.63. The van der Waals surface area contributed by atoms with Crippen molar-refractivity contribution in [3.05, 3.63) is 36.0 Å². The van der Waals surface area contributed by atoms with E-state index in [0.29, 0.717) is 13.2 Å². The van der Waals surface area contributed by atoms with E-state index in [1.54, 1.807) is 7.11 Å². The fraction of sp³-hybridized carbons (Fsp3) is 0.450. The standard InChI is InChI=1S/C20H25N3O2/c1-22-18(20(24)21-10-5-11-25-2)12-17-19(22)15-6-3-4-7-16(15)23(17)13-14-8-9-14/h3-4,6-7,12,14H,5,8-11,13H2,1-2H3,(H,21,24). The van der Waals surface area contributed by atoms with Gasteiger partial charge in [-0.1, -0.05) is 18.2 Å². The number of rotatable bonds is 7. The summed E-state index contributed by atoms with van der Waals surface area (Å²) in [6.07, 6.45) is 3.45. The molecule has 0 unspecified atom stereocenters. The lowest BCUT2D eigenvalue weighted by Crippen LogP contribution is -2.26. The normalized spacial score (nSPS) is 14.5. The van der Waals surface area contributed by atoms with Gasteiger partial charge in [-0.2, -0.15) is 0 Å². The van der Waals surface area contributed by atoms with Crippen LogP contribution >= 0.6 is 0 Å². The second-order valence-corrected chi connectivity index (χ2v) is 7.00. The molecule has 5 nitrogen and oxygen atoms in total. The third-order valence-electron chi connectivity index (χ3n) is 5.13. The molecule has 0 spiro atoms. The molecule has 1 aromatic carbocycles. The molecular weight excluding hydrogens is 314 g/mol. The van der Waals surface area contributed by atoms with Gasteiger partial charge in [0.05, 0.1) is 16.6 Å². The van der Waals surface area contributed by atoms with E-state index in [1.165, 1.54) is 23.7 Å². The number of para-hydroxylation sites is 1. The van der Waals surface area contributed by atoms with Crippen LogP contribution in [0.2, 0.25) is 0 Å². The number of hydrogen-bond donors (Lipinski definition) is 1. The molecule has 4 rings (SSSR count). The highest BCUT2D eigenvalue weighted by Crippen LogP contribution is 2.36. The molecule has 0 radical (unpaired) electrons. The number of nitrogens with zero attached hydrogens (tertiary/aromatic N) is 2. The molecule has 1 amide bonds. The average Bonchev–Trinajstić information content (AvgIpc) is 3.30. The second-order valence-electron chi connectivity index (χ2n) is 7.00. The monoisotopic (exact) mass is 339 g/mol. The molecule has 1 saturated carbocycles. The van der Waals surface area contributed by atoms with Crippen LogP contribution in [-0.4, -0.2) is 35.3 Å². The average molecular weight is 339 g/mol. The number of methoxy groups -OCH3 is 1. The molecule has 1 N–H and O–H groups in total. The molecule has 132 valence electrons. The van der Waals surface area contributed by atoms with Crippen LogP contribution in [0.5, 0.6) is 0 Å². The molecule has 0 saturated heterocycles. The molecule has 1 aliphatic carbocycles. The maximum Gasteiger partial charge on any atom is 0.267 e. The minimum atomic E-state index is -0.0168. The number of ether oxygens (including phenoxy) is 1. The van der Waals surface area contributed by atoms with Crippen LogP contribution in [0.1, 0.15) is 29.8 Å². The number of hydrogen-bond acceptors (Lipinski definition) is 2. The maximum atomic E-state index is 12.6. The van der Waals surface area contributed by atoms with Crippen molar-refractivity contribution in [1.29, 1.82) is 0 Å². The first-order valence-electron chi connectivity index (χ1n) is 9.04. The Morgan fingerprint density at radius 2 is 2.08 bits per heavy atom. The van der Waals surface area contributed by atoms with E-state index in [2.05, 4.69) is 34.1 Å². The van der Waals surface area contributed by atoms with Crippen molar-refractivity contribution in [2.75, 3.05) is 20.3 Å². The first kappa shape index (κ1) is 16.2. The highest BCUT2D eigenvalue weighted by Gasteiger charge is 2.25. The molecule has 2 heterocycles. The third kappa shape index (κ3) is 2.93. The number of nitrogens with one attached hydrogen (secondary N) is 1. The number of benzene rings is 1. The smallest absolute Gasteiger partial charge is 0.267 e. The molecule has 0 aliphatic heterocycles. The first-order chi connectivity index (χ1) is 12.2. The molecule has 1 fully saturated rings. The van der Waals surface area contributed by atoms with Crippen molar-refractivity contribution in [3.63, 3.8) is 0 Å². The molecule has 0 bridgehead atoms. The first-order valence-corrected chi connectivity index (χ1v) is 9.04. The lowest BCUT2D eigenvalue weighted by Gasteiger charge is -2.07. The zero-order valence-electron chi connectivity index (χ0n) is 14.9. The van der Waals surface area contributed by atoms with Gasteiger partial charge in [-0.25, -0.2) is 0 Å². The van der Waals surface area contributed by atoms with Gasteiger partial charge >= 0.3 is 0 Å². The number of amides is 1. The summed E-state index contributed by atoms with van der Waals surface area (Å²) in [7, 11) is 3.66. The lowest BCUT2D eigenvalue weighted by molar-refractivity contribution is 0.0941. The largest absolute Gasteiger partial charge is 0.385 e. The Balaban J connectivity index is 1.72. The van der Waals surface area contributed by atoms with Gasteiger partial charge in [0.1, 0.15) is 5.69 Å². The van der Waals surface area contributed by atoms with Crippen molar-refractivity contribution in [2.45, 2.75) is 25.8 Å². The van der Waals surface area contributed by atoms with Crippen molar-refractivity contribution in [1.82, 2.24) is 14.5 Å². The van der Waals surface area contributed by atoms with E-state index in [0.717, 1.165) is 35.6 Å². The summed E-state index contributed by atoms with van der Waals surface area (Å²) >= 11 is 0. The highest BCUT2D eigenvalue weighted by molar-refractivity contribution is 6.10. The van der Waals surface area contributed by atoms with Crippen molar-refractivity contribution >= 4 is 27.8 Å². The van der Waals surface area contributed by atoms with Crippen molar-refractivity contribution < 1.29 is 9.53 Å².